The summed E-state index contributed by atoms with van der Waals surface area (Å²) < 4.78 is 5.05. The average Bonchev–Trinajstić information content (AvgIpc) is 3.20. The summed E-state index contributed by atoms with van der Waals surface area (Å²) in [5.41, 5.74) is 1.23. The number of carbonyl (C=O) groups is 3. The lowest BCUT2D eigenvalue weighted by Gasteiger charge is -2.36. The Bertz CT molecular complexity index is 705. The molecule has 0 bridgehead atoms. The van der Waals surface area contributed by atoms with Crippen molar-refractivity contribution in [1.29, 1.82) is 0 Å². The molecule has 3 aliphatic rings. The molecule has 3 aliphatic heterocycles. The zero-order valence-corrected chi connectivity index (χ0v) is 13.3. The minimum absolute atomic E-state index is 0.0647. The number of rotatable bonds is 2. The van der Waals surface area contributed by atoms with E-state index in [1.807, 2.05) is 18.2 Å². The molecule has 0 radical (unpaired) electrons. The van der Waals surface area contributed by atoms with Gasteiger partial charge in [-0.25, -0.2) is 4.79 Å². The molecule has 1 aromatic carbocycles. The molecule has 3 amide bonds. The van der Waals surface area contributed by atoms with Crippen LogP contribution in [0.4, 0.5) is 10.5 Å². The van der Waals surface area contributed by atoms with Crippen molar-refractivity contribution in [2.75, 3.05) is 37.7 Å². The van der Waals surface area contributed by atoms with E-state index >= 15 is 0 Å². The van der Waals surface area contributed by atoms with Crippen LogP contribution in [0.2, 0.25) is 0 Å². The summed E-state index contributed by atoms with van der Waals surface area (Å²) >= 11 is 0. The number of amides is 3. The topological polar surface area (TPSA) is 70.2 Å². The third kappa shape index (κ3) is 2.40. The lowest BCUT2D eigenvalue weighted by molar-refractivity contribution is -0.117. The summed E-state index contributed by atoms with van der Waals surface area (Å²) in [4.78, 5) is 41.8. The summed E-state index contributed by atoms with van der Waals surface area (Å²) in [6.07, 6.45) is 1.06. The van der Waals surface area contributed by atoms with Gasteiger partial charge in [0.05, 0.1) is 17.3 Å². The van der Waals surface area contributed by atoms with Gasteiger partial charge in [0.25, 0.3) is 5.91 Å². The Labute approximate surface area is 139 Å². The van der Waals surface area contributed by atoms with Gasteiger partial charge in [0.1, 0.15) is 6.61 Å². The van der Waals surface area contributed by atoms with Gasteiger partial charge >= 0.3 is 6.09 Å². The number of cyclic esters (lactones) is 1. The van der Waals surface area contributed by atoms with Crippen molar-refractivity contribution in [1.82, 2.24) is 9.80 Å². The number of hydrogen-bond donors (Lipinski definition) is 0. The second-order valence-corrected chi connectivity index (χ2v) is 6.34. The molecule has 0 aromatic heterocycles. The standard InChI is InChI=1S/C17H19N3O4/c21-15-6-3-7-20(15)14-5-2-1-4-13(14)16(22)18-8-9-19-12(10-18)11-24-17(19)23/h1-2,4-5,12H,3,6-11H2. The highest BCUT2D eigenvalue weighted by molar-refractivity contribution is 6.05. The molecule has 24 heavy (non-hydrogen) atoms. The first-order valence-corrected chi connectivity index (χ1v) is 8.27. The van der Waals surface area contributed by atoms with E-state index in [1.165, 1.54) is 0 Å². The van der Waals surface area contributed by atoms with Crippen LogP contribution in [0.25, 0.3) is 0 Å². The first-order chi connectivity index (χ1) is 11.6. The van der Waals surface area contributed by atoms with Crippen LogP contribution in [0, 0.1) is 0 Å². The average molecular weight is 329 g/mol. The zero-order chi connectivity index (χ0) is 16.7. The molecular formula is C17H19N3O4. The number of benzene rings is 1. The smallest absolute Gasteiger partial charge is 0.410 e. The van der Waals surface area contributed by atoms with Crippen molar-refractivity contribution in [3.8, 4) is 0 Å². The number of anilines is 1. The van der Waals surface area contributed by atoms with E-state index in [2.05, 4.69) is 0 Å². The van der Waals surface area contributed by atoms with Crippen molar-refractivity contribution in [3.63, 3.8) is 0 Å². The zero-order valence-electron chi connectivity index (χ0n) is 13.3. The van der Waals surface area contributed by atoms with E-state index in [0.29, 0.717) is 50.5 Å². The summed E-state index contributed by atoms with van der Waals surface area (Å²) in [5.74, 6) is -0.0286. The van der Waals surface area contributed by atoms with Crippen LogP contribution in [-0.4, -0.2) is 66.5 Å². The number of hydrogen-bond acceptors (Lipinski definition) is 4. The molecule has 4 rings (SSSR count). The number of fused-ring (bicyclic) bond motifs is 1. The Morgan fingerprint density at radius 3 is 2.75 bits per heavy atom. The van der Waals surface area contributed by atoms with Crippen LogP contribution in [0.15, 0.2) is 24.3 Å². The highest BCUT2D eigenvalue weighted by Gasteiger charge is 2.39. The summed E-state index contributed by atoms with van der Waals surface area (Å²) in [6, 6.07) is 7.19. The van der Waals surface area contributed by atoms with Gasteiger partial charge in [-0.3, -0.25) is 14.5 Å². The Hall–Kier alpha value is -2.57. The van der Waals surface area contributed by atoms with Crippen LogP contribution in [0.1, 0.15) is 23.2 Å². The predicted molar refractivity (Wildman–Crippen MR) is 85.8 cm³/mol. The molecule has 7 nitrogen and oxygen atoms in total. The first-order valence-electron chi connectivity index (χ1n) is 8.27. The Morgan fingerprint density at radius 2 is 1.96 bits per heavy atom. The molecule has 126 valence electrons. The SMILES string of the molecule is O=C(c1ccccc1N1CCCC1=O)N1CCN2C(=O)OCC2C1. The number of ether oxygens (including phenoxy) is 1. The Balaban J connectivity index is 1.57. The van der Waals surface area contributed by atoms with Crippen LogP contribution >= 0.6 is 0 Å². The van der Waals surface area contributed by atoms with Crippen molar-refractivity contribution < 1.29 is 19.1 Å². The van der Waals surface area contributed by atoms with Gasteiger partial charge < -0.3 is 14.5 Å². The summed E-state index contributed by atoms with van der Waals surface area (Å²) in [6.45, 7) is 2.41. The minimum Gasteiger partial charge on any atom is -0.447 e. The maximum absolute atomic E-state index is 13.0. The van der Waals surface area contributed by atoms with Crippen LogP contribution in [0.5, 0.6) is 0 Å². The number of para-hydroxylation sites is 1. The fourth-order valence-electron chi connectivity index (χ4n) is 3.64. The fraction of sp³-hybridized carbons (Fsp3) is 0.471. The number of carbonyl (C=O) groups excluding carboxylic acids is 3. The van der Waals surface area contributed by atoms with E-state index in [9.17, 15) is 14.4 Å². The molecule has 0 spiro atoms. The third-order valence-electron chi connectivity index (χ3n) is 4.90. The molecule has 3 heterocycles. The Kier molecular flexibility index (Phi) is 3.63. The van der Waals surface area contributed by atoms with Gasteiger partial charge in [-0.2, -0.15) is 0 Å². The van der Waals surface area contributed by atoms with E-state index in [4.69, 9.17) is 4.74 Å². The van der Waals surface area contributed by atoms with E-state index in [0.717, 1.165) is 6.42 Å². The molecule has 3 saturated heterocycles. The van der Waals surface area contributed by atoms with Gasteiger partial charge in [0, 0.05) is 32.6 Å². The molecule has 1 aromatic rings. The van der Waals surface area contributed by atoms with Crippen LogP contribution < -0.4 is 4.90 Å². The quantitative estimate of drug-likeness (QED) is 0.814. The van der Waals surface area contributed by atoms with Gasteiger partial charge in [0.2, 0.25) is 5.91 Å². The van der Waals surface area contributed by atoms with E-state index in [1.54, 1.807) is 20.8 Å². The highest BCUT2D eigenvalue weighted by atomic mass is 16.6. The molecule has 0 saturated carbocycles. The van der Waals surface area contributed by atoms with E-state index < -0.39 is 0 Å². The molecule has 0 aliphatic carbocycles. The predicted octanol–water partition coefficient (Wildman–Crippen LogP) is 1.09. The second kappa shape index (κ2) is 5.81. The molecule has 3 fully saturated rings. The van der Waals surface area contributed by atoms with Crippen LogP contribution in [-0.2, 0) is 9.53 Å². The van der Waals surface area contributed by atoms with Crippen molar-refractivity contribution >= 4 is 23.6 Å². The Morgan fingerprint density at radius 1 is 1.12 bits per heavy atom. The minimum atomic E-state index is -0.296. The summed E-state index contributed by atoms with van der Waals surface area (Å²) in [7, 11) is 0. The summed E-state index contributed by atoms with van der Waals surface area (Å²) in [5, 5.41) is 0. The highest BCUT2D eigenvalue weighted by Crippen LogP contribution is 2.27. The maximum atomic E-state index is 13.0. The second-order valence-electron chi connectivity index (χ2n) is 6.34. The molecule has 1 unspecified atom stereocenters. The van der Waals surface area contributed by atoms with Crippen molar-refractivity contribution in [3.05, 3.63) is 29.8 Å². The third-order valence-corrected chi connectivity index (χ3v) is 4.90. The largest absolute Gasteiger partial charge is 0.447 e. The van der Waals surface area contributed by atoms with Crippen molar-refractivity contribution in [2.24, 2.45) is 0 Å². The van der Waals surface area contributed by atoms with Crippen molar-refractivity contribution in [2.45, 2.75) is 18.9 Å². The monoisotopic (exact) mass is 329 g/mol. The number of nitrogens with zero attached hydrogens (tertiary/aromatic N) is 3. The van der Waals surface area contributed by atoms with E-state index in [-0.39, 0.29) is 23.9 Å². The van der Waals surface area contributed by atoms with Gasteiger partial charge in [-0.15, -0.1) is 0 Å². The molecule has 1 atom stereocenters. The van der Waals surface area contributed by atoms with Gasteiger partial charge in [-0.05, 0) is 18.6 Å². The lowest BCUT2D eigenvalue weighted by atomic mass is 10.1. The molecular weight excluding hydrogens is 310 g/mol. The molecule has 0 N–H and O–H groups in total. The first kappa shape index (κ1) is 15.0. The van der Waals surface area contributed by atoms with Gasteiger partial charge in [0.15, 0.2) is 0 Å². The normalized spacial score (nSPS) is 23.5. The van der Waals surface area contributed by atoms with Gasteiger partial charge in [-0.1, -0.05) is 12.1 Å². The lowest BCUT2D eigenvalue weighted by Crippen LogP contribution is -2.53. The fourth-order valence-corrected chi connectivity index (χ4v) is 3.64. The van der Waals surface area contributed by atoms with Crippen LogP contribution in [0.3, 0.4) is 0 Å². The number of piperazine rings is 1. The maximum Gasteiger partial charge on any atom is 0.410 e. The molecule has 7 heteroatoms.